The number of ketones is 2. The zero-order valence-corrected chi connectivity index (χ0v) is 13.8. The summed E-state index contributed by atoms with van der Waals surface area (Å²) in [6, 6.07) is 9.56. The Morgan fingerprint density at radius 1 is 0.960 bits per heavy atom. The van der Waals surface area contributed by atoms with E-state index in [4.69, 9.17) is 5.11 Å². The average Bonchev–Trinajstić information content (AvgIpc) is 2.79. The fourth-order valence-corrected chi connectivity index (χ4v) is 3.20. The lowest BCUT2D eigenvalue weighted by Gasteiger charge is -2.00. The monoisotopic (exact) mass is 356 g/mol. The first-order chi connectivity index (χ1) is 11.7. The molecule has 2 aromatic carbocycles. The first-order valence-corrected chi connectivity index (χ1v) is 9.06. The van der Waals surface area contributed by atoms with E-state index in [1.54, 1.807) is 0 Å². The second-order valence-corrected chi connectivity index (χ2v) is 7.64. The van der Waals surface area contributed by atoms with Crippen molar-refractivity contribution >= 4 is 33.4 Å². The van der Waals surface area contributed by atoms with E-state index in [1.165, 1.54) is 48.5 Å². The van der Waals surface area contributed by atoms with E-state index < -0.39 is 27.4 Å². The molecule has 1 aliphatic carbocycles. The predicted molar refractivity (Wildman–Crippen MR) is 89.6 cm³/mol. The number of hydrogen-bond acceptors (Lipinski definition) is 5. The van der Waals surface area contributed by atoms with Gasteiger partial charge in [0.1, 0.15) is 0 Å². The molecule has 0 heterocycles. The Balaban J connectivity index is 2.01. The number of carboxylic acids is 1. The van der Waals surface area contributed by atoms with Gasteiger partial charge in [0.25, 0.3) is 0 Å². The SMILES string of the molecule is CS(=O)(=O)c1ccc(/C=C2/C(=O)c3ccc(C(=O)O)cc3C2=O)cc1. The minimum Gasteiger partial charge on any atom is -0.478 e. The van der Waals surface area contributed by atoms with Gasteiger partial charge in [0, 0.05) is 17.4 Å². The van der Waals surface area contributed by atoms with Gasteiger partial charge in [-0.05, 0) is 42.0 Å². The van der Waals surface area contributed by atoms with E-state index in [2.05, 4.69) is 0 Å². The Labute approximate surface area is 143 Å². The fourth-order valence-electron chi connectivity index (χ4n) is 2.57. The van der Waals surface area contributed by atoms with Crippen LogP contribution in [0.3, 0.4) is 0 Å². The van der Waals surface area contributed by atoms with Crippen LogP contribution in [0.25, 0.3) is 6.08 Å². The fraction of sp³-hybridized carbons (Fsp3) is 0.0556. The molecule has 1 N–H and O–H groups in total. The Bertz CT molecular complexity index is 1060. The lowest BCUT2D eigenvalue weighted by molar-refractivity contribution is 0.0696. The van der Waals surface area contributed by atoms with Crippen LogP contribution in [0.1, 0.15) is 36.6 Å². The highest BCUT2D eigenvalue weighted by atomic mass is 32.2. The van der Waals surface area contributed by atoms with Crippen molar-refractivity contribution in [2.45, 2.75) is 4.90 Å². The molecule has 0 radical (unpaired) electrons. The van der Waals surface area contributed by atoms with Crippen LogP contribution in [0.5, 0.6) is 0 Å². The average molecular weight is 356 g/mol. The molecular formula is C18H12O6S. The summed E-state index contributed by atoms with van der Waals surface area (Å²) in [7, 11) is -3.34. The minimum absolute atomic E-state index is 0.0592. The summed E-state index contributed by atoms with van der Waals surface area (Å²) in [4.78, 5) is 36.0. The molecule has 0 saturated carbocycles. The Morgan fingerprint density at radius 2 is 1.56 bits per heavy atom. The number of sulfone groups is 1. The lowest BCUT2D eigenvalue weighted by atomic mass is 10.1. The third-order valence-corrected chi connectivity index (χ3v) is 4.99. The third kappa shape index (κ3) is 3.01. The molecule has 126 valence electrons. The van der Waals surface area contributed by atoms with Gasteiger partial charge in [-0.2, -0.15) is 0 Å². The Morgan fingerprint density at radius 3 is 2.12 bits per heavy atom. The summed E-state index contributed by atoms with van der Waals surface area (Å²) >= 11 is 0. The minimum atomic E-state index is -3.34. The Kier molecular flexibility index (Phi) is 3.88. The zero-order chi connectivity index (χ0) is 18.4. The molecule has 2 aromatic rings. The van der Waals surface area contributed by atoms with E-state index in [1.807, 2.05) is 0 Å². The van der Waals surface area contributed by atoms with Crippen molar-refractivity contribution < 1.29 is 27.9 Å². The number of carbonyl (C=O) groups excluding carboxylic acids is 2. The number of Topliss-reactive ketones (excluding diaryl/α,β-unsaturated/α-hetero) is 2. The van der Waals surface area contributed by atoms with Crippen LogP contribution in [-0.4, -0.2) is 37.3 Å². The van der Waals surface area contributed by atoms with Gasteiger partial charge in [-0.1, -0.05) is 12.1 Å². The van der Waals surface area contributed by atoms with Crippen LogP contribution in [-0.2, 0) is 9.84 Å². The van der Waals surface area contributed by atoms with Crippen LogP contribution in [0.4, 0.5) is 0 Å². The van der Waals surface area contributed by atoms with Crippen LogP contribution in [0, 0.1) is 0 Å². The largest absolute Gasteiger partial charge is 0.478 e. The van der Waals surface area contributed by atoms with Crippen LogP contribution < -0.4 is 0 Å². The van der Waals surface area contributed by atoms with E-state index in [0.29, 0.717) is 5.56 Å². The summed E-state index contributed by atoms with van der Waals surface area (Å²) in [5.74, 6) is -2.21. The van der Waals surface area contributed by atoms with Crippen LogP contribution in [0.15, 0.2) is 52.9 Å². The zero-order valence-electron chi connectivity index (χ0n) is 13.0. The molecule has 6 nitrogen and oxygen atoms in total. The number of benzene rings is 2. The first-order valence-electron chi connectivity index (χ1n) is 7.17. The van der Waals surface area contributed by atoms with Gasteiger partial charge >= 0.3 is 5.97 Å². The molecule has 0 amide bonds. The maximum absolute atomic E-state index is 12.4. The lowest BCUT2D eigenvalue weighted by Crippen LogP contribution is -2.01. The molecule has 0 fully saturated rings. The molecule has 0 aliphatic heterocycles. The first kappa shape index (κ1) is 16.8. The van der Waals surface area contributed by atoms with Gasteiger partial charge in [-0.25, -0.2) is 13.2 Å². The number of hydrogen-bond donors (Lipinski definition) is 1. The molecule has 25 heavy (non-hydrogen) atoms. The number of carbonyl (C=O) groups is 3. The Hall–Kier alpha value is -3.06. The number of aromatic carboxylic acids is 1. The smallest absolute Gasteiger partial charge is 0.335 e. The molecule has 0 bridgehead atoms. The highest BCUT2D eigenvalue weighted by Crippen LogP contribution is 2.29. The van der Waals surface area contributed by atoms with Gasteiger partial charge in [0.15, 0.2) is 21.4 Å². The van der Waals surface area contributed by atoms with Crippen molar-refractivity contribution in [3.05, 3.63) is 70.3 Å². The van der Waals surface area contributed by atoms with E-state index in [-0.39, 0.29) is 27.2 Å². The van der Waals surface area contributed by atoms with E-state index in [0.717, 1.165) is 6.26 Å². The van der Waals surface area contributed by atoms with Gasteiger partial charge in [-0.3, -0.25) is 9.59 Å². The molecule has 0 saturated heterocycles. The highest BCUT2D eigenvalue weighted by Gasteiger charge is 2.33. The van der Waals surface area contributed by atoms with Crippen molar-refractivity contribution in [1.82, 2.24) is 0 Å². The second kappa shape index (κ2) is 5.78. The number of carboxylic acid groups (broad SMARTS) is 1. The highest BCUT2D eigenvalue weighted by molar-refractivity contribution is 7.90. The molecule has 0 aromatic heterocycles. The number of rotatable bonds is 3. The van der Waals surface area contributed by atoms with Crippen LogP contribution >= 0.6 is 0 Å². The molecule has 0 spiro atoms. The second-order valence-electron chi connectivity index (χ2n) is 5.62. The van der Waals surface area contributed by atoms with Gasteiger partial charge < -0.3 is 5.11 Å². The van der Waals surface area contributed by atoms with Crippen molar-refractivity contribution in [2.24, 2.45) is 0 Å². The summed E-state index contributed by atoms with van der Waals surface area (Å²) in [5, 5.41) is 9.00. The van der Waals surface area contributed by atoms with Crippen molar-refractivity contribution in [3.8, 4) is 0 Å². The van der Waals surface area contributed by atoms with Gasteiger partial charge in [0.2, 0.25) is 0 Å². The molecule has 3 rings (SSSR count). The molecule has 0 atom stereocenters. The van der Waals surface area contributed by atoms with Crippen LogP contribution in [0.2, 0.25) is 0 Å². The topological polar surface area (TPSA) is 106 Å². The molecule has 1 aliphatic rings. The summed E-state index contributed by atoms with van der Waals surface area (Å²) < 4.78 is 22.9. The summed E-state index contributed by atoms with van der Waals surface area (Å²) in [5.41, 5.74) is 0.566. The maximum atomic E-state index is 12.4. The van der Waals surface area contributed by atoms with Crippen molar-refractivity contribution in [3.63, 3.8) is 0 Å². The predicted octanol–water partition coefficient (Wildman–Crippen LogP) is 2.25. The number of allylic oxidation sites excluding steroid dienone is 1. The van der Waals surface area contributed by atoms with E-state index >= 15 is 0 Å². The third-order valence-electron chi connectivity index (χ3n) is 3.86. The van der Waals surface area contributed by atoms with Crippen molar-refractivity contribution in [1.29, 1.82) is 0 Å². The standard InChI is InChI=1S/C18H12O6S/c1-25(23,24)12-5-2-10(3-6-12)8-15-16(19)13-7-4-11(18(21)22)9-14(13)17(15)20/h2-9H,1H3,(H,21,22)/b15-8-. The molecule has 0 unspecified atom stereocenters. The van der Waals surface area contributed by atoms with Crippen molar-refractivity contribution in [2.75, 3.05) is 6.26 Å². The molecule has 7 heteroatoms. The van der Waals surface area contributed by atoms with Gasteiger partial charge in [-0.15, -0.1) is 0 Å². The maximum Gasteiger partial charge on any atom is 0.335 e. The summed E-state index contributed by atoms with van der Waals surface area (Å²) in [6.45, 7) is 0. The normalized spacial score (nSPS) is 15.5. The quantitative estimate of drug-likeness (QED) is 0.668. The van der Waals surface area contributed by atoms with Gasteiger partial charge in [0.05, 0.1) is 16.0 Å². The number of fused-ring (bicyclic) bond motifs is 1. The summed E-state index contributed by atoms with van der Waals surface area (Å²) in [6.07, 6.45) is 2.46. The molecular weight excluding hydrogens is 344 g/mol. The van der Waals surface area contributed by atoms with E-state index in [9.17, 15) is 22.8 Å².